The van der Waals surface area contributed by atoms with Crippen LogP contribution < -0.4 is 10.6 Å². The molecule has 0 radical (unpaired) electrons. The van der Waals surface area contributed by atoms with Gasteiger partial charge in [0.15, 0.2) is 0 Å². The Balaban J connectivity index is 1.78. The highest BCUT2D eigenvalue weighted by Crippen LogP contribution is 2.29. The number of nitrogens with zero attached hydrogens (tertiary/aromatic N) is 2. The van der Waals surface area contributed by atoms with Crippen LogP contribution in [0.1, 0.15) is 44.8 Å². The van der Waals surface area contributed by atoms with Gasteiger partial charge >= 0.3 is 12.0 Å². The Labute approximate surface area is 182 Å². The number of hydrogen-bond donors (Lipinski definition) is 2. The van der Waals surface area contributed by atoms with Crippen molar-refractivity contribution in [2.75, 3.05) is 39.3 Å². The SMILES string of the molecule is CCOC(=O)C1=C(CN2CCN(C(=O)CC(C)C)CC2)NC(=O)NC1c1ccc(C)o1. The maximum atomic E-state index is 12.8. The number of ether oxygens (including phenoxy) is 1. The molecular formula is C22H32N4O5. The maximum absolute atomic E-state index is 12.8. The molecule has 3 rings (SSSR count). The van der Waals surface area contributed by atoms with Gasteiger partial charge in [0.2, 0.25) is 5.91 Å². The van der Waals surface area contributed by atoms with Crippen LogP contribution in [-0.4, -0.2) is 67.0 Å². The first-order chi connectivity index (χ1) is 14.8. The van der Waals surface area contributed by atoms with Gasteiger partial charge in [-0.05, 0) is 31.9 Å². The molecule has 1 aromatic rings. The van der Waals surface area contributed by atoms with Crippen molar-refractivity contribution >= 4 is 17.9 Å². The highest BCUT2D eigenvalue weighted by atomic mass is 16.5. The van der Waals surface area contributed by atoms with Crippen LogP contribution >= 0.6 is 0 Å². The van der Waals surface area contributed by atoms with Crippen LogP contribution in [0.2, 0.25) is 0 Å². The minimum Gasteiger partial charge on any atom is -0.464 e. The van der Waals surface area contributed by atoms with E-state index in [1.807, 2.05) is 18.7 Å². The van der Waals surface area contributed by atoms with Crippen LogP contribution in [-0.2, 0) is 14.3 Å². The summed E-state index contributed by atoms with van der Waals surface area (Å²) >= 11 is 0. The summed E-state index contributed by atoms with van der Waals surface area (Å²) in [5, 5.41) is 5.55. The first-order valence-corrected chi connectivity index (χ1v) is 10.8. The lowest BCUT2D eigenvalue weighted by atomic mass is 9.99. The van der Waals surface area contributed by atoms with E-state index >= 15 is 0 Å². The summed E-state index contributed by atoms with van der Waals surface area (Å²) < 4.78 is 11.0. The van der Waals surface area contributed by atoms with Gasteiger partial charge in [-0.1, -0.05) is 13.8 Å². The number of furan rings is 1. The molecule has 3 heterocycles. The van der Waals surface area contributed by atoms with E-state index < -0.39 is 18.0 Å². The monoisotopic (exact) mass is 432 g/mol. The van der Waals surface area contributed by atoms with Gasteiger partial charge in [-0.2, -0.15) is 0 Å². The van der Waals surface area contributed by atoms with Crippen molar-refractivity contribution in [1.82, 2.24) is 20.4 Å². The Kier molecular flexibility index (Phi) is 7.37. The number of carbonyl (C=O) groups excluding carboxylic acids is 3. The van der Waals surface area contributed by atoms with Crippen LogP contribution in [0.25, 0.3) is 0 Å². The summed E-state index contributed by atoms with van der Waals surface area (Å²) in [4.78, 5) is 41.5. The lowest BCUT2D eigenvalue weighted by molar-refractivity contribution is -0.139. The standard InChI is InChI=1S/C22H32N4O5/c1-5-30-21(28)19-16(23-22(29)24-20(19)17-7-6-15(4)31-17)13-25-8-10-26(11-9-25)18(27)12-14(2)3/h6-7,14,20H,5,8-13H2,1-4H3,(H2,23,24,29). The van der Waals surface area contributed by atoms with E-state index in [-0.39, 0.29) is 12.5 Å². The van der Waals surface area contributed by atoms with E-state index in [9.17, 15) is 14.4 Å². The molecule has 0 bridgehead atoms. The average molecular weight is 433 g/mol. The summed E-state index contributed by atoms with van der Waals surface area (Å²) in [7, 11) is 0. The normalized spacial score (nSPS) is 20.0. The minimum atomic E-state index is -0.717. The van der Waals surface area contributed by atoms with Gasteiger partial charge in [-0.15, -0.1) is 0 Å². The van der Waals surface area contributed by atoms with Crippen molar-refractivity contribution < 1.29 is 23.5 Å². The molecule has 2 aliphatic rings. The number of aryl methyl sites for hydroxylation is 1. The Bertz CT molecular complexity index is 852. The molecule has 9 heteroatoms. The Morgan fingerprint density at radius 1 is 1.23 bits per heavy atom. The fraction of sp³-hybridized carbons (Fsp3) is 0.591. The van der Waals surface area contributed by atoms with Gasteiger partial charge in [-0.3, -0.25) is 9.69 Å². The van der Waals surface area contributed by atoms with Crippen molar-refractivity contribution in [3.63, 3.8) is 0 Å². The van der Waals surface area contributed by atoms with E-state index in [2.05, 4.69) is 15.5 Å². The molecule has 0 spiro atoms. The van der Waals surface area contributed by atoms with Gasteiger partial charge in [0.1, 0.15) is 17.6 Å². The molecule has 2 N–H and O–H groups in total. The zero-order valence-corrected chi connectivity index (χ0v) is 18.7. The number of carbonyl (C=O) groups is 3. The summed E-state index contributed by atoms with van der Waals surface area (Å²) in [5.41, 5.74) is 0.845. The third-order valence-corrected chi connectivity index (χ3v) is 5.38. The lowest BCUT2D eigenvalue weighted by Crippen LogP contribution is -2.52. The second kappa shape index (κ2) is 10.00. The first-order valence-electron chi connectivity index (χ1n) is 10.8. The van der Waals surface area contributed by atoms with Crippen LogP contribution in [0.4, 0.5) is 4.79 Å². The van der Waals surface area contributed by atoms with Gasteiger partial charge in [0.25, 0.3) is 0 Å². The predicted octanol–water partition coefficient (Wildman–Crippen LogP) is 1.95. The lowest BCUT2D eigenvalue weighted by Gasteiger charge is -2.37. The number of nitrogens with one attached hydrogen (secondary N) is 2. The number of esters is 1. The van der Waals surface area contributed by atoms with Gasteiger partial charge < -0.3 is 24.7 Å². The number of urea groups is 1. The highest BCUT2D eigenvalue weighted by molar-refractivity contribution is 5.95. The Hall–Kier alpha value is -2.81. The molecule has 1 fully saturated rings. The third kappa shape index (κ3) is 5.66. The van der Waals surface area contributed by atoms with Gasteiger partial charge in [0, 0.05) is 44.8 Å². The summed E-state index contributed by atoms with van der Waals surface area (Å²) in [6, 6.07) is 2.43. The molecule has 31 heavy (non-hydrogen) atoms. The van der Waals surface area contributed by atoms with Crippen molar-refractivity contribution in [2.45, 2.75) is 40.2 Å². The fourth-order valence-corrected chi connectivity index (χ4v) is 3.87. The zero-order chi connectivity index (χ0) is 22.5. The number of amides is 3. The van der Waals surface area contributed by atoms with Gasteiger partial charge in [0.05, 0.1) is 12.2 Å². The molecule has 0 aliphatic carbocycles. The number of hydrogen-bond acceptors (Lipinski definition) is 6. The van der Waals surface area contributed by atoms with Crippen LogP contribution in [0.3, 0.4) is 0 Å². The van der Waals surface area contributed by atoms with Crippen LogP contribution in [0.15, 0.2) is 27.8 Å². The largest absolute Gasteiger partial charge is 0.464 e. The molecule has 3 amide bonds. The van der Waals surface area contributed by atoms with E-state index in [1.165, 1.54) is 0 Å². The molecule has 0 aromatic carbocycles. The van der Waals surface area contributed by atoms with Crippen molar-refractivity contribution in [3.05, 3.63) is 34.9 Å². The second-order valence-corrected chi connectivity index (χ2v) is 8.35. The molecule has 1 unspecified atom stereocenters. The van der Waals surface area contributed by atoms with Gasteiger partial charge in [-0.25, -0.2) is 9.59 Å². The molecule has 1 aromatic heterocycles. The highest BCUT2D eigenvalue weighted by Gasteiger charge is 2.36. The van der Waals surface area contributed by atoms with Crippen molar-refractivity contribution in [3.8, 4) is 0 Å². The van der Waals surface area contributed by atoms with E-state index in [0.717, 1.165) is 0 Å². The molecule has 1 saturated heterocycles. The molecule has 0 saturated carbocycles. The quantitative estimate of drug-likeness (QED) is 0.639. The first kappa shape index (κ1) is 22.9. The van der Waals surface area contributed by atoms with Crippen molar-refractivity contribution in [2.24, 2.45) is 5.92 Å². The van der Waals surface area contributed by atoms with Crippen molar-refractivity contribution in [1.29, 1.82) is 0 Å². The summed E-state index contributed by atoms with van der Waals surface area (Å²) in [6.45, 7) is 10.8. The smallest absolute Gasteiger partial charge is 0.338 e. The van der Waals surface area contributed by atoms with Crippen LogP contribution in [0, 0.1) is 12.8 Å². The minimum absolute atomic E-state index is 0.171. The molecule has 1 atom stereocenters. The Morgan fingerprint density at radius 2 is 1.94 bits per heavy atom. The number of rotatable bonds is 7. The average Bonchev–Trinajstić information content (AvgIpc) is 3.14. The van der Waals surface area contributed by atoms with Crippen LogP contribution in [0.5, 0.6) is 0 Å². The summed E-state index contributed by atoms with van der Waals surface area (Å²) in [5.74, 6) is 1.18. The Morgan fingerprint density at radius 3 is 2.52 bits per heavy atom. The topological polar surface area (TPSA) is 104 Å². The predicted molar refractivity (Wildman–Crippen MR) is 114 cm³/mol. The molecule has 170 valence electrons. The fourth-order valence-electron chi connectivity index (χ4n) is 3.87. The molecule has 9 nitrogen and oxygen atoms in total. The van der Waals surface area contributed by atoms with E-state index in [0.29, 0.717) is 67.9 Å². The number of piperazine rings is 1. The summed E-state index contributed by atoms with van der Waals surface area (Å²) in [6.07, 6.45) is 0.546. The third-order valence-electron chi connectivity index (χ3n) is 5.38. The zero-order valence-electron chi connectivity index (χ0n) is 18.7. The van der Waals surface area contributed by atoms with E-state index in [4.69, 9.17) is 9.15 Å². The molecular weight excluding hydrogens is 400 g/mol. The molecule has 2 aliphatic heterocycles. The maximum Gasteiger partial charge on any atom is 0.338 e. The van der Waals surface area contributed by atoms with E-state index in [1.54, 1.807) is 26.0 Å². The second-order valence-electron chi connectivity index (χ2n) is 8.35.